The summed E-state index contributed by atoms with van der Waals surface area (Å²) in [7, 11) is 0. The Hall–Kier alpha value is 0. The smallest absolute Gasteiger partial charge is 0.0238 e. The Morgan fingerprint density at radius 3 is 2.40 bits per heavy atom. The van der Waals surface area contributed by atoms with Gasteiger partial charge < -0.3 is 0 Å². The Morgan fingerprint density at radius 2 is 1.90 bits per heavy atom. The predicted octanol–water partition coefficient (Wildman–Crippen LogP) is 3.57. The van der Waals surface area contributed by atoms with Crippen LogP contribution in [-0.2, 0) is 0 Å². The largest absolute Gasteiger partial charge is 0.0651 e. The first-order valence-electron chi connectivity index (χ1n) is 4.66. The van der Waals surface area contributed by atoms with E-state index in [2.05, 4.69) is 13.8 Å². The second kappa shape index (κ2) is 4.00. The first-order valence-corrected chi connectivity index (χ1v) is 4.66. The van der Waals surface area contributed by atoms with Gasteiger partial charge in [-0.15, -0.1) is 0 Å². The third-order valence-electron chi connectivity index (χ3n) is 2.64. The Labute approximate surface area is 65.0 Å². The fourth-order valence-corrected chi connectivity index (χ4v) is 1.72. The summed E-state index contributed by atoms with van der Waals surface area (Å²) in [6.07, 6.45) is 8.56. The van der Waals surface area contributed by atoms with E-state index in [1.807, 2.05) is 5.92 Å². The summed E-state index contributed by atoms with van der Waals surface area (Å²) in [6, 6.07) is 0. The molecule has 0 N–H and O–H groups in total. The highest BCUT2D eigenvalue weighted by Gasteiger charge is 2.16. The number of hydrogen-bond donors (Lipinski definition) is 0. The second-order valence-corrected chi connectivity index (χ2v) is 3.67. The maximum atomic E-state index is 2.37. The molecular formula is C10H19. The van der Waals surface area contributed by atoms with E-state index in [-0.39, 0.29) is 0 Å². The summed E-state index contributed by atoms with van der Waals surface area (Å²) < 4.78 is 0. The van der Waals surface area contributed by atoms with Crippen molar-refractivity contribution in [3.8, 4) is 0 Å². The molecule has 1 atom stereocenters. The van der Waals surface area contributed by atoms with Crippen LogP contribution >= 0.6 is 0 Å². The van der Waals surface area contributed by atoms with Crippen molar-refractivity contribution in [3.63, 3.8) is 0 Å². The van der Waals surface area contributed by atoms with E-state index in [9.17, 15) is 0 Å². The SMILES string of the molecule is CCC(C)C[C]1CCCC1. The molecule has 0 heterocycles. The molecule has 0 bridgehead atoms. The zero-order valence-corrected chi connectivity index (χ0v) is 7.32. The van der Waals surface area contributed by atoms with Gasteiger partial charge in [0.25, 0.3) is 0 Å². The van der Waals surface area contributed by atoms with Crippen LogP contribution in [0.2, 0.25) is 0 Å². The fraction of sp³-hybridized carbons (Fsp3) is 0.900. The maximum Gasteiger partial charge on any atom is -0.0238 e. The fourth-order valence-electron chi connectivity index (χ4n) is 1.72. The van der Waals surface area contributed by atoms with Gasteiger partial charge in [-0.05, 0) is 31.1 Å². The zero-order chi connectivity index (χ0) is 7.40. The van der Waals surface area contributed by atoms with Gasteiger partial charge in [-0.2, -0.15) is 0 Å². The average molecular weight is 139 g/mol. The summed E-state index contributed by atoms with van der Waals surface area (Å²) in [5, 5.41) is 0. The third kappa shape index (κ3) is 2.32. The van der Waals surface area contributed by atoms with Gasteiger partial charge in [0.05, 0.1) is 0 Å². The molecule has 59 valence electrons. The summed E-state index contributed by atoms with van der Waals surface area (Å²) in [5.74, 6) is 2.78. The van der Waals surface area contributed by atoms with Gasteiger partial charge in [0.1, 0.15) is 0 Å². The molecule has 1 rings (SSSR count). The minimum atomic E-state index is 0.938. The lowest BCUT2D eigenvalue weighted by Crippen LogP contribution is -1.99. The van der Waals surface area contributed by atoms with Gasteiger partial charge in [-0.25, -0.2) is 0 Å². The van der Waals surface area contributed by atoms with Crippen molar-refractivity contribution in [2.24, 2.45) is 5.92 Å². The van der Waals surface area contributed by atoms with Crippen molar-refractivity contribution in [1.82, 2.24) is 0 Å². The van der Waals surface area contributed by atoms with Crippen LogP contribution < -0.4 is 0 Å². The van der Waals surface area contributed by atoms with Crippen LogP contribution in [0.25, 0.3) is 0 Å². The van der Waals surface area contributed by atoms with Crippen molar-refractivity contribution >= 4 is 0 Å². The molecule has 1 unspecified atom stereocenters. The molecule has 0 heteroatoms. The van der Waals surface area contributed by atoms with E-state index in [1.54, 1.807) is 0 Å². The van der Waals surface area contributed by atoms with Gasteiger partial charge in [-0.3, -0.25) is 0 Å². The maximum absolute atomic E-state index is 2.37. The van der Waals surface area contributed by atoms with Crippen LogP contribution in [0.15, 0.2) is 0 Å². The lowest BCUT2D eigenvalue weighted by molar-refractivity contribution is 0.512. The molecule has 0 spiro atoms. The van der Waals surface area contributed by atoms with Crippen molar-refractivity contribution in [1.29, 1.82) is 0 Å². The minimum absolute atomic E-state index is 0.938. The van der Waals surface area contributed by atoms with Gasteiger partial charge in [-0.1, -0.05) is 33.1 Å². The predicted molar refractivity (Wildman–Crippen MR) is 45.8 cm³/mol. The Balaban J connectivity index is 2.11. The van der Waals surface area contributed by atoms with E-state index in [0.29, 0.717) is 0 Å². The molecule has 0 amide bonds. The molecule has 1 aliphatic carbocycles. The van der Waals surface area contributed by atoms with Crippen LogP contribution in [0, 0.1) is 11.8 Å². The molecule has 10 heavy (non-hydrogen) atoms. The molecule has 1 radical (unpaired) electrons. The van der Waals surface area contributed by atoms with Crippen molar-refractivity contribution < 1.29 is 0 Å². The molecule has 1 fully saturated rings. The summed E-state index contributed by atoms with van der Waals surface area (Å²) in [5.41, 5.74) is 0. The molecule has 1 aliphatic rings. The third-order valence-corrected chi connectivity index (χ3v) is 2.64. The highest BCUT2D eigenvalue weighted by molar-refractivity contribution is 4.95. The van der Waals surface area contributed by atoms with Crippen LogP contribution in [0.3, 0.4) is 0 Å². The van der Waals surface area contributed by atoms with E-state index in [1.165, 1.54) is 38.5 Å². The van der Waals surface area contributed by atoms with Crippen LogP contribution in [0.4, 0.5) is 0 Å². The summed E-state index contributed by atoms with van der Waals surface area (Å²) in [6.45, 7) is 4.66. The Morgan fingerprint density at radius 1 is 1.30 bits per heavy atom. The van der Waals surface area contributed by atoms with Gasteiger partial charge in [0.2, 0.25) is 0 Å². The first kappa shape index (κ1) is 8.10. The summed E-state index contributed by atoms with van der Waals surface area (Å²) in [4.78, 5) is 0. The van der Waals surface area contributed by atoms with Crippen molar-refractivity contribution in [3.05, 3.63) is 5.92 Å². The van der Waals surface area contributed by atoms with E-state index >= 15 is 0 Å². The Bertz CT molecular complexity index is 80.0. The lowest BCUT2D eigenvalue weighted by atomic mass is 9.93. The van der Waals surface area contributed by atoms with E-state index in [0.717, 1.165) is 5.92 Å². The topological polar surface area (TPSA) is 0 Å². The van der Waals surface area contributed by atoms with E-state index in [4.69, 9.17) is 0 Å². The minimum Gasteiger partial charge on any atom is -0.0651 e. The molecule has 0 nitrogen and oxygen atoms in total. The molecule has 1 saturated carbocycles. The van der Waals surface area contributed by atoms with Crippen LogP contribution in [0.5, 0.6) is 0 Å². The van der Waals surface area contributed by atoms with Crippen LogP contribution in [0.1, 0.15) is 52.4 Å². The monoisotopic (exact) mass is 139 g/mol. The summed E-state index contributed by atoms with van der Waals surface area (Å²) >= 11 is 0. The first-order chi connectivity index (χ1) is 4.83. The van der Waals surface area contributed by atoms with Crippen LogP contribution in [-0.4, -0.2) is 0 Å². The molecule has 0 aromatic rings. The standard InChI is InChI=1S/C10H19/c1-3-9(2)8-10-6-4-5-7-10/h9H,3-8H2,1-2H3. The molecule has 0 saturated heterocycles. The highest BCUT2D eigenvalue weighted by atomic mass is 14.2. The molecular weight excluding hydrogens is 120 g/mol. The molecule has 0 aliphatic heterocycles. The lowest BCUT2D eigenvalue weighted by Gasteiger charge is -2.12. The average Bonchev–Trinajstić information content (AvgIpc) is 2.40. The Kier molecular flexibility index (Phi) is 3.24. The van der Waals surface area contributed by atoms with Crippen molar-refractivity contribution in [2.75, 3.05) is 0 Å². The quantitative estimate of drug-likeness (QED) is 0.560. The zero-order valence-electron chi connectivity index (χ0n) is 7.32. The number of rotatable bonds is 3. The highest BCUT2D eigenvalue weighted by Crippen LogP contribution is 2.32. The molecule has 0 aromatic carbocycles. The second-order valence-electron chi connectivity index (χ2n) is 3.67. The van der Waals surface area contributed by atoms with Gasteiger partial charge in [0, 0.05) is 0 Å². The van der Waals surface area contributed by atoms with E-state index < -0.39 is 0 Å². The van der Waals surface area contributed by atoms with Gasteiger partial charge >= 0.3 is 0 Å². The number of hydrogen-bond acceptors (Lipinski definition) is 0. The van der Waals surface area contributed by atoms with Crippen molar-refractivity contribution in [2.45, 2.75) is 52.4 Å². The van der Waals surface area contributed by atoms with Gasteiger partial charge in [0.15, 0.2) is 0 Å². The molecule has 0 aromatic heterocycles. The normalized spacial score (nSPS) is 23.4.